The predicted octanol–water partition coefficient (Wildman–Crippen LogP) is 6.50. The van der Waals surface area contributed by atoms with Gasteiger partial charge < -0.3 is 9.47 Å². The quantitative estimate of drug-likeness (QED) is 0.459. The maximum Gasteiger partial charge on any atom is 0.143 e. The highest BCUT2D eigenvalue weighted by Crippen LogP contribution is 2.35. The summed E-state index contributed by atoms with van der Waals surface area (Å²) in [5.74, 6) is 0.131. The van der Waals surface area contributed by atoms with Crippen LogP contribution in [0.2, 0.25) is 10.0 Å². The van der Waals surface area contributed by atoms with Crippen LogP contribution in [0.15, 0.2) is 33.2 Å². The number of ether oxygens (including phenoxy) is 2. The number of benzene rings is 2. The molecule has 2 aromatic rings. The summed E-state index contributed by atoms with van der Waals surface area (Å²) in [5.41, 5.74) is 0. The Morgan fingerprint density at radius 1 is 0.773 bits per heavy atom. The van der Waals surface area contributed by atoms with E-state index in [1.54, 1.807) is 26.4 Å². The molecule has 0 radical (unpaired) electrons. The van der Waals surface area contributed by atoms with Crippen LogP contribution in [0.4, 0.5) is 8.78 Å². The lowest BCUT2D eigenvalue weighted by Crippen LogP contribution is -1.88. The highest BCUT2D eigenvalue weighted by Gasteiger charge is 2.06. The van der Waals surface area contributed by atoms with Gasteiger partial charge in [-0.2, -0.15) is 0 Å². The molecule has 0 N–H and O–H groups in total. The number of halogens is 6. The maximum absolute atomic E-state index is 12.5. The van der Waals surface area contributed by atoms with Gasteiger partial charge in [-0.1, -0.05) is 23.2 Å². The molecule has 0 saturated carbocycles. The fourth-order valence-corrected chi connectivity index (χ4v) is 2.50. The summed E-state index contributed by atoms with van der Waals surface area (Å²) in [6.45, 7) is 0. The number of methoxy groups -OCH3 is 2. The summed E-state index contributed by atoms with van der Waals surface area (Å²) in [6, 6.07) is 5.37. The van der Waals surface area contributed by atoms with Crippen molar-refractivity contribution in [2.75, 3.05) is 14.2 Å². The summed E-state index contributed by atoms with van der Waals surface area (Å²) in [6.07, 6.45) is 0. The van der Waals surface area contributed by atoms with Gasteiger partial charge in [-0.05, 0) is 50.1 Å². The standard InChI is InChI=1S/C8H8BrClO2.C6H2BrClF2/c1-11-7-4-6(10)8(12-2)3-5(7)9;7-3-1-6(10)4(8)2-5(3)9/h3-4H,1-2H3;1-2H. The first kappa shape index (κ1) is 19.5. The normalized spacial score (nSPS) is 9.82. The number of hydrogen-bond donors (Lipinski definition) is 0. The molecule has 0 aromatic heterocycles. The molecule has 0 aliphatic carbocycles. The van der Waals surface area contributed by atoms with E-state index in [1.165, 1.54) is 0 Å². The van der Waals surface area contributed by atoms with E-state index in [-0.39, 0.29) is 9.50 Å². The van der Waals surface area contributed by atoms with E-state index >= 15 is 0 Å². The van der Waals surface area contributed by atoms with E-state index in [9.17, 15) is 8.78 Å². The van der Waals surface area contributed by atoms with E-state index in [4.69, 9.17) is 32.7 Å². The second-order valence-electron chi connectivity index (χ2n) is 3.80. The lowest BCUT2D eigenvalue weighted by Gasteiger charge is -2.07. The SMILES string of the molecule is COc1cc(Br)c(OC)cc1Cl.Fc1cc(Br)c(F)cc1Cl. The van der Waals surface area contributed by atoms with Gasteiger partial charge >= 0.3 is 0 Å². The van der Waals surface area contributed by atoms with Crippen LogP contribution in [-0.4, -0.2) is 14.2 Å². The van der Waals surface area contributed by atoms with Crippen molar-refractivity contribution >= 4 is 55.1 Å². The molecule has 2 nitrogen and oxygen atoms in total. The summed E-state index contributed by atoms with van der Waals surface area (Å²) < 4.78 is 35.8. The molecule has 22 heavy (non-hydrogen) atoms. The molecule has 0 spiro atoms. The zero-order chi connectivity index (χ0) is 16.9. The van der Waals surface area contributed by atoms with Crippen molar-refractivity contribution in [3.63, 3.8) is 0 Å². The van der Waals surface area contributed by atoms with Gasteiger partial charge in [-0.15, -0.1) is 0 Å². The van der Waals surface area contributed by atoms with Gasteiger partial charge in [0.05, 0.1) is 33.2 Å². The lowest BCUT2D eigenvalue weighted by atomic mass is 10.3. The van der Waals surface area contributed by atoms with Crippen LogP contribution < -0.4 is 9.47 Å². The number of hydrogen-bond acceptors (Lipinski definition) is 2. The first-order valence-corrected chi connectivity index (χ1v) is 8.01. The van der Waals surface area contributed by atoms with Crippen LogP contribution in [0.25, 0.3) is 0 Å². The molecule has 0 aliphatic rings. The second-order valence-corrected chi connectivity index (χ2v) is 6.32. The Morgan fingerprint density at radius 2 is 1.36 bits per heavy atom. The van der Waals surface area contributed by atoms with Gasteiger partial charge in [-0.3, -0.25) is 0 Å². The van der Waals surface area contributed by atoms with Gasteiger partial charge in [-0.25, -0.2) is 8.78 Å². The zero-order valence-corrected chi connectivity index (χ0v) is 16.1. The van der Waals surface area contributed by atoms with Crippen LogP contribution >= 0.6 is 55.1 Å². The Morgan fingerprint density at radius 3 is 1.86 bits per heavy atom. The molecule has 8 heteroatoms. The average Bonchev–Trinajstić information content (AvgIpc) is 2.48. The van der Waals surface area contributed by atoms with Crippen molar-refractivity contribution in [3.05, 3.63) is 54.9 Å². The first-order valence-electron chi connectivity index (χ1n) is 5.67. The molecule has 120 valence electrons. The molecule has 0 amide bonds. The second kappa shape index (κ2) is 8.91. The fourth-order valence-electron chi connectivity index (χ4n) is 1.32. The summed E-state index contributed by atoms with van der Waals surface area (Å²) in [5, 5.41) is 0.332. The van der Waals surface area contributed by atoms with Crippen molar-refractivity contribution in [1.29, 1.82) is 0 Å². The predicted molar refractivity (Wildman–Crippen MR) is 91.3 cm³/mol. The molecule has 0 heterocycles. The molecule has 0 aliphatic heterocycles. The summed E-state index contributed by atoms with van der Waals surface area (Å²) >= 11 is 17.2. The topological polar surface area (TPSA) is 18.5 Å². The van der Waals surface area contributed by atoms with Crippen molar-refractivity contribution in [2.45, 2.75) is 0 Å². The molecule has 0 fully saturated rings. The molecular formula is C14H10Br2Cl2F2O2. The van der Waals surface area contributed by atoms with E-state index in [0.717, 1.165) is 16.6 Å². The monoisotopic (exact) mass is 476 g/mol. The third-order valence-corrected chi connectivity index (χ3v) is 4.20. The van der Waals surface area contributed by atoms with E-state index in [1.807, 2.05) is 0 Å². The molecule has 2 rings (SSSR count). The maximum atomic E-state index is 12.5. The van der Waals surface area contributed by atoms with Crippen molar-refractivity contribution in [2.24, 2.45) is 0 Å². The zero-order valence-electron chi connectivity index (χ0n) is 11.4. The highest BCUT2D eigenvalue weighted by molar-refractivity contribution is 9.10. The van der Waals surface area contributed by atoms with Crippen molar-refractivity contribution in [1.82, 2.24) is 0 Å². The average molecular weight is 479 g/mol. The Bertz CT molecular complexity index is 590. The third kappa shape index (κ3) is 5.26. The molecular weight excluding hydrogens is 469 g/mol. The van der Waals surface area contributed by atoms with Crippen molar-refractivity contribution in [3.8, 4) is 11.5 Å². The summed E-state index contributed by atoms with van der Waals surface area (Å²) in [4.78, 5) is 0. The minimum atomic E-state index is -0.630. The Balaban J connectivity index is 0.000000224. The molecule has 0 unspecified atom stereocenters. The van der Waals surface area contributed by atoms with Gasteiger partial charge in [0.2, 0.25) is 0 Å². The Labute approximate surface area is 153 Å². The molecule has 2 aromatic carbocycles. The summed E-state index contributed by atoms with van der Waals surface area (Å²) in [7, 11) is 3.16. The Hall–Kier alpha value is -0.560. The number of rotatable bonds is 2. The largest absolute Gasteiger partial charge is 0.496 e. The highest BCUT2D eigenvalue weighted by atomic mass is 79.9. The molecule has 0 bridgehead atoms. The first-order chi connectivity index (χ1) is 10.3. The van der Waals surface area contributed by atoms with Crippen molar-refractivity contribution < 1.29 is 18.3 Å². The van der Waals surface area contributed by atoms with Crippen LogP contribution in [0.3, 0.4) is 0 Å². The minimum absolute atomic E-state index is 0.0781. The third-order valence-electron chi connectivity index (χ3n) is 2.39. The minimum Gasteiger partial charge on any atom is -0.496 e. The fraction of sp³-hybridized carbons (Fsp3) is 0.143. The van der Waals surface area contributed by atoms with E-state index < -0.39 is 11.6 Å². The van der Waals surface area contributed by atoms with E-state index in [0.29, 0.717) is 16.5 Å². The van der Waals surface area contributed by atoms with Crippen LogP contribution in [-0.2, 0) is 0 Å². The van der Waals surface area contributed by atoms with Gasteiger partial charge in [0, 0.05) is 6.07 Å². The van der Waals surface area contributed by atoms with Crippen LogP contribution in [0.1, 0.15) is 0 Å². The van der Waals surface area contributed by atoms with E-state index in [2.05, 4.69) is 31.9 Å². The van der Waals surface area contributed by atoms with Gasteiger partial charge in [0.15, 0.2) is 0 Å². The Kier molecular flexibility index (Phi) is 7.89. The van der Waals surface area contributed by atoms with Gasteiger partial charge in [0.1, 0.15) is 23.1 Å². The lowest BCUT2D eigenvalue weighted by molar-refractivity contribution is 0.401. The smallest absolute Gasteiger partial charge is 0.143 e. The van der Waals surface area contributed by atoms with Gasteiger partial charge in [0.25, 0.3) is 0 Å². The van der Waals surface area contributed by atoms with Crippen LogP contribution in [0.5, 0.6) is 11.5 Å². The molecule has 0 atom stereocenters. The molecule has 0 saturated heterocycles. The van der Waals surface area contributed by atoms with Crippen LogP contribution in [0, 0.1) is 11.6 Å².